The molecule has 38 heavy (non-hydrogen) atoms. The predicted octanol–water partition coefficient (Wildman–Crippen LogP) is 4.09. The van der Waals surface area contributed by atoms with Crippen LogP contribution < -0.4 is 4.74 Å². The first-order valence-electron chi connectivity index (χ1n) is 13.4. The van der Waals surface area contributed by atoms with Crippen molar-refractivity contribution in [2.24, 2.45) is 5.92 Å². The number of ether oxygens (including phenoxy) is 1. The number of rotatable bonds is 6. The van der Waals surface area contributed by atoms with Gasteiger partial charge in [-0.1, -0.05) is 35.3 Å². The van der Waals surface area contributed by atoms with E-state index in [1.54, 1.807) is 31.3 Å². The molecule has 3 aliphatic carbocycles. The van der Waals surface area contributed by atoms with Gasteiger partial charge < -0.3 is 14.9 Å². The van der Waals surface area contributed by atoms with Gasteiger partial charge in [0.05, 0.1) is 32.9 Å². The van der Waals surface area contributed by atoms with Gasteiger partial charge in [-0.2, -0.15) is 4.31 Å². The highest BCUT2D eigenvalue weighted by molar-refractivity contribution is 7.88. The first kappa shape index (κ1) is 25.4. The molecule has 2 N–H and O–H groups in total. The van der Waals surface area contributed by atoms with Crippen LogP contribution in [0.2, 0.25) is 10.0 Å². The van der Waals surface area contributed by atoms with Crippen LogP contribution in [0.4, 0.5) is 0 Å². The topological polar surface area (TPSA) is 90.3 Å². The Bertz CT molecular complexity index is 1430. The Morgan fingerprint density at radius 3 is 2.66 bits per heavy atom. The largest absolute Gasteiger partial charge is 0.504 e. The summed E-state index contributed by atoms with van der Waals surface area (Å²) in [6.45, 7) is 1.82. The lowest BCUT2D eigenvalue weighted by Crippen LogP contribution is -2.78. The first-order valence-corrected chi connectivity index (χ1v) is 15.8. The molecule has 5 atom stereocenters. The highest BCUT2D eigenvalue weighted by atomic mass is 35.5. The average molecular weight is 580 g/mol. The molecule has 2 aromatic rings. The minimum absolute atomic E-state index is 0.0498. The molecule has 2 heterocycles. The van der Waals surface area contributed by atoms with Crippen molar-refractivity contribution in [2.45, 2.75) is 73.5 Å². The lowest BCUT2D eigenvalue weighted by Gasteiger charge is -2.64. The first-order chi connectivity index (χ1) is 18.0. The Labute approximate surface area is 233 Å². The smallest absolute Gasteiger partial charge is 0.218 e. The van der Waals surface area contributed by atoms with E-state index >= 15 is 0 Å². The minimum atomic E-state index is -3.76. The molecule has 7 rings (SSSR count). The molecule has 0 unspecified atom stereocenters. The Kier molecular flexibility index (Phi) is 5.67. The second-order valence-corrected chi connectivity index (χ2v) is 14.8. The molecule has 7 nitrogen and oxygen atoms in total. The van der Waals surface area contributed by atoms with E-state index < -0.39 is 33.2 Å². The fourth-order valence-electron chi connectivity index (χ4n) is 7.98. The number of halogens is 2. The Hall–Kier alpha value is -1.55. The van der Waals surface area contributed by atoms with Gasteiger partial charge in [-0.3, -0.25) is 4.90 Å². The molecular weight excluding hydrogens is 547 g/mol. The molecule has 2 aromatic carbocycles. The third-order valence-electron chi connectivity index (χ3n) is 9.97. The van der Waals surface area contributed by atoms with Crippen LogP contribution in [0.3, 0.4) is 0 Å². The minimum Gasteiger partial charge on any atom is -0.504 e. The van der Waals surface area contributed by atoms with E-state index in [0.29, 0.717) is 53.0 Å². The standard InChI is InChI=1S/C28H32Cl2N2O5S/c1-31(38(35,36)15-17-4-6-19(29)20(30)12-17)21-8-9-28(34)23-13-18-5-7-22(33)25-24(18)27(28,26(21)37-25)10-11-32(23)14-16-2-3-16/h4-7,12,16,21,23,26,33-34H,2-3,8-11,13-15H2,1H3/t21-,23-,26+,27+,28-/m1/s1. The Morgan fingerprint density at radius 1 is 1.13 bits per heavy atom. The SMILES string of the molecule is CN([C@@H]1CC[C@@]2(O)[C@H]3Cc4ccc(O)c5c4[C@@]2(CCN3CC2CC2)[C@H]1O5)S(=O)(=O)Cc1ccc(Cl)c(Cl)c1. The number of phenolic OH excluding ortho intramolecular Hbond substituents is 1. The van der Waals surface area contributed by atoms with Gasteiger partial charge in [0.15, 0.2) is 11.5 Å². The lowest BCUT2D eigenvalue weighted by molar-refractivity contribution is -0.195. The van der Waals surface area contributed by atoms with Gasteiger partial charge in [-0.15, -0.1) is 0 Å². The molecule has 1 spiro atoms. The van der Waals surface area contributed by atoms with Gasteiger partial charge in [0, 0.05) is 25.2 Å². The summed E-state index contributed by atoms with van der Waals surface area (Å²) < 4.78 is 35.4. The zero-order valence-corrected chi connectivity index (χ0v) is 23.6. The summed E-state index contributed by atoms with van der Waals surface area (Å²) >= 11 is 12.2. The van der Waals surface area contributed by atoms with E-state index in [4.69, 9.17) is 27.9 Å². The molecule has 2 bridgehead atoms. The average Bonchev–Trinajstić information content (AvgIpc) is 3.61. The van der Waals surface area contributed by atoms with Crippen LogP contribution >= 0.6 is 23.2 Å². The van der Waals surface area contributed by atoms with Crippen molar-refractivity contribution in [3.63, 3.8) is 0 Å². The number of benzene rings is 2. The van der Waals surface area contributed by atoms with E-state index in [-0.39, 0.29) is 17.5 Å². The van der Waals surface area contributed by atoms with Gasteiger partial charge in [0.2, 0.25) is 10.0 Å². The van der Waals surface area contributed by atoms with Gasteiger partial charge in [0.25, 0.3) is 0 Å². The van der Waals surface area contributed by atoms with Crippen molar-refractivity contribution in [2.75, 3.05) is 20.1 Å². The number of aromatic hydroxyl groups is 1. The summed E-state index contributed by atoms with van der Waals surface area (Å²) in [4.78, 5) is 2.47. The molecule has 2 saturated carbocycles. The Balaban J connectivity index is 1.28. The number of phenols is 1. The quantitative estimate of drug-likeness (QED) is 0.536. The van der Waals surface area contributed by atoms with Gasteiger partial charge in [-0.05, 0) is 80.3 Å². The third kappa shape index (κ3) is 3.47. The molecule has 2 aliphatic heterocycles. The van der Waals surface area contributed by atoms with Crippen molar-refractivity contribution in [1.29, 1.82) is 0 Å². The monoisotopic (exact) mass is 578 g/mol. The normalized spacial score (nSPS) is 33.8. The molecule has 3 fully saturated rings. The van der Waals surface area contributed by atoms with Crippen molar-refractivity contribution in [1.82, 2.24) is 9.21 Å². The van der Waals surface area contributed by atoms with E-state index in [2.05, 4.69) is 4.90 Å². The van der Waals surface area contributed by atoms with Crippen LogP contribution in [-0.2, 0) is 27.6 Å². The van der Waals surface area contributed by atoms with Crippen LogP contribution in [0.25, 0.3) is 0 Å². The van der Waals surface area contributed by atoms with E-state index in [1.807, 2.05) is 6.07 Å². The second kappa shape index (κ2) is 8.48. The van der Waals surface area contributed by atoms with Crippen molar-refractivity contribution < 1.29 is 23.4 Å². The number of piperidine rings is 1. The lowest BCUT2D eigenvalue weighted by atomic mass is 9.48. The maximum atomic E-state index is 13.7. The third-order valence-corrected chi connectivity index (χ3v) is 12.6. The zero-order chi connectivity index (χ0) is 26.6. The second-order valence-electron chi connectivity index (χ2n) is 11.9. The van der Waals surface area contributed by atoms with E-state index in [1.165, 1.54) is 17.1 Å². The van der Waals surface area contributed by atoms with Gasteiger partial charge >= 0.3 is 0 Å². The number of aliphatic hydroxyl groups is 1. The summed E-state index contributed by atoms with van der Waals surface area (Å²) in [6.07, 6.45) is 4.22. The Morgan fingerprint density at radius 2 is 1.92 bits per heavy atom. The number of sulfonamides is 1. The maximum absolute atomic E-state index is 13.7. The number of nitrogens with zero attached hydrogens (tertiary/aromatic N) is 2. The molecular formula is C28H32Cl2N2O5S. The highest BCUT2D eigenvalue weighted by Gasteiger charge is 2.73. The van der Waals surface area contributed by atoms with E-state index in [9.17, 15) is 18.6 Å². The predicted molar refractivity (Wildman–Crippen MR) is 145 cm³/mol. The molecule has 5 aliphatic rings. The van der Waals surface area contributed by atoms with Crippen LogP contribution in [0.15, 0.2) is 30.3 Å². The van der Waals surface area contributed by atoms with Crippen molar-refractivity contribution >= 4 is 33.2 Å². The molecule has 0 amide bonds. The molecule has 204 valence electrons. The number of likely N-dealkylation sites (tertiary alicyclic amines) is 1. The van der Waals surface area contributed by atoms with E-state index in [0.717, 1.165) is 24.2 Å². The molecule has 10 heteroatoms. The van der Waals surface area contributed by atoms with Gasteiger partial charge in [0.1, 0.15) is 6.10 Å². The van der Waals surface area contributed by atoms with Crippen molar-refractivity contribution in [3.8, 4) is 11.5 Å². The number of hydrogen-bond donors (Lipinski definition) is 2. The summed E-state index contributed by atoms with van der Waals surface area (Å²) in [7, 11) is -2.15. The fourth-order valence-corrected chi connectivity index (χ4v) is 9.73. The summed E-state index contributed by atoms with van der Waals surface area (Å²) in [5, 5.41) is 24.1. The summed E-state index contributed by atoms with van der Waals surface area (Å²) in [6, 6.07) is 7.96. The highest BCUT2D eigenvalue weighted by Crippen LogP contribution is 2.66. The number of hydrogen-bond acceptors (Lipinski definition) is 6. The van der Waals surface area contributed by atoms with Crippen LogP contribution in [-0.4, -0.2) is 71.8 Å². The van der Waals surface area contributed by atoms with Gasteiger partial charge in [-0.25, -0.2) is 8.42 Å². The zero-order valence-electron chi connectivity index (χ0n) is 21.2. The van der Waals surface area contributed by atoms with Crippen LogP contribution in [0.1, 0.15) is 48.8 Å². The van der Waals surface area contributed by atoms with Crippen molar-refractivity contribution in [3.05, 3.63) is 57.1 Å². The molecule has 0 aromatic heterocycles. The van der Waals surface area contributed by atoms with Crippen LogP contribution in [0, 0.1) is 5.92 Å². The molecule has 1 saturated heterocycles. The summed E-state index contributed by atoms with van der Waals surface area (Å²) in [5.41, 5.74) is 0.722. The molecule has 0 radical (unpaired) electrons. The fraction of sp³-hybridized carbons (Fsp3) is 0.571. The number of likely N-dealkylation sites (N-methyl/N-ethyl adjacent to an activating group) is 1. The van der Waals surface area contributed by atoms with Crippen LogP contribution in [0.5, 0.6) is 11.5 Å². The maximum Gasteiger partial charge on any atom is 0.218 e. The summed E-state index contributed by atoms with van der Waals surface area (Å²) in [5.74, 6) is 0.951.